The summed E-state index contributed by atoms with van der Waals surface area (Å²) < 4.78 is 1.23. The summed E-state index contributed by atoms with van der Waals surface area (Å²) in [5.41, 5.74) is 1.38. The molecule has 0 aliphatic carbocycles. The number of para-hydroxylation sites is 1. The normalized spacial score (nSPS) is 29.9. The van der Waals surface area contributed by atoms with Crippen LogP contribution in [0.2, 0.25) is 0 Å². The molecule has 74 valence electrons. The van der Waals surface area contributed by atoms with Crippen LogP contribution in [0.15, 0.2) is 28.7 Å². The minimum absolute atomic E-state index is 0.781. The van der Waals surface area contributed by atoms with Crippen LogP contribution in [0, 0.1) is 0 Å². The standard InChI is InChI=1S/C11H12BrNS/c12-10-3-1-2-4-11(10)13-6-9-5-8(13)7-14-9/h1-4,8-9H,5-7H2. The van der Waals surface area contributed by atoms with Crippen molar-refractivity contribution in [1.29, 1.82) is 0 Å². The number of hydrogen-bond donors (Lipinski definition) is 0. The molecule has 2 fully saturated rings. The van der Waals surface area contributed by atoms with Crippen LogP contribution in [0.5, 0.6) is 0 Å². The van der Waals surface area contributed by atoms with Crippen LogP contribution in [-0.4, -0.2) is 23.6 Å². The predicted octanol–water partition coefficient (Wildman–Crippen LogP) is 3.14. The molecular weight excluding hydrogens is 258 g/mol. The Bertz CT molecular complexity index is 355. The lowest BCUT2D eigenvalue weighted by atomic mass is 10.2. The van der Waals surface area contributed by atoms with Gasteiger partial charge in [-0.05, 0) is 34.5 Å². The van der Waals surface area contributed by atoms with Gasteiger partial charge in [-0.3, -0.25) is 0 Å². The SMILES string of the molecule is Brc1ccccc1N1CC2CC1CS2. The molecule has 0 radical (unpaired) electrons. The van der Waals surface area contributed by atoms with Crippen molar-refractivity contribution in [2.24, 2.45) is 0 Å². The molecule has 14 heavy (non-hydrogen) atoms. The third kappa shape index (κ3) is 1.38. The van der Waals surface area contributed by atoms with Crippen molar-refractivity contribution in [3.8, 4) is 0 Å². The van der Waals surface area contributed by atoms with E-state index in [1.165, 1.54) is 28.9 Å². The molecule has 2 saturated heterocycles. The monoisotopic (exact) mass is 269 g/mol. The van der Waals surface area contributed by atoms with Crippen molar-refractivity contribution in [1.82, 2.24) is 0 Å². The Morgan fingerprint density at radius 1 is 1.36 bits per heavy atom. The first-order chi connectivity index (χ1) is 6.84. The lowest BCUT2D eigenvalue weighted by molar-refractivity contribution is 0.762. The summed E-state index contributed by atoms with van der Waals surface area (Å²) in [7, 11) is 0. The second-order valence-electron chi connectivity index (χ2n) is 3.95. The Morgan fingerprint density at radius 2 is 2.21 bits per heavy atom. The van der Waals surface area contributed by atoms with E-state index < -0.39 is 0 Å². The van der Waals surface area contributed by atoms with Gasteiger partial charge in [-0.15, -0.1) is 0 Å². The number of halogens is 1. The van der Waals surface area contributed by atoms with E-state index in [1.54, 1.807) is 0 Å². The van der Waals surface area contributed by atoms with Crippen LogP contribution >= 0.6 is 27.7 Å². The fourth-order valence-electron chi connectivity index (χ4n) is 2.38. The van der Waals surface area contributed by atoms with Crippen LogP contribution in [0.4, 0.5) is 5.69 Å². The first-order valence-corrected chi connectivity index (χ1v) is 6.81. The molecule has 2 atom stereocenters. The molecule has 2 unspecified atom stereocenters. The van der Waals surface area contributed by atoms with E-state index in [0.29, 0.717) is 0 Å². The molecular formula is C11H12BrNS. The molecule has 1 aromatic carbocycles. The molecule has 1 aromatic rings. The van der Waals surface area contributed by atoms with E-state index in [4.69, 9.17) is 0 Å². The molecule has 0 amide bonds. The summed E-state index contributed by atoms with van der Waals surface area (Å²) in [5, 5.41) is 0.882. The van der Waals surface area contributed by atoms with E-state index in [1.807, 2.05) is 0 Å². The van der Waals surface area contributed by atoms with E-state index in [0.717, 1.165) is 11.3 Å². The highest BCUT2D eigenvalue weighted by Crippen LogP contribution is 2.41. The summed E-state index contributed by atoms with van der Waals surface area (Å²) in [6.07, 6.45) is 1.38. The van der Waals surface area contributed by atoms with Crippen LogP contribution in [0.3, 0.4) is 0 Å². The van der Waals surface area contributed by atoms with E-state index >= 15 is 0 Å². The Labute approximate surface area is 97.0 Å². The van der Waals surface area contributed by atoms with Crippen molar-refractivity contribution in [3.63, 3.8) is 0 Å². The second kappa shape index (κ2) is 3.46. The van der Waals surface area contributed by atoms with Crippen molar-refractivity contribution in [3.05, 3.63) is 28.7 Å². The highest BCUT2D eigenvalue weighted by Gasteiger charge is 2.38. The third-order valence-corrected chi connectivity index (χ3v) is 5.12. The molecule has 2 heterocycles. The topological polar surface area (TPSA) is 3.24 Å². The van der Waals surface area contributed by atoms with Gasteiger partial charge in [-0.2, -0.15) is 11.8 Å². The Hall–Kier alpha value is -0.150. The van der Waals surface area contributed by atoms with Gasteiger partial charge in [-0.1, -0.05) is 12.1 Å². The number of thioether (sulfide) groups is 1. The van der Waals surface area contributed by atoms with Crippen LogP contribution in [0.1, 0.15) is 6.42 Å². The Morgan fingerprint density at radius 3 is 2.86 bits per heavy atom. The quantitative estimate of drug-likeness (QED) is 0.771. The molecule has 3 rings (SSSR count). The maximum atomic E-state index is 3.63. The van der Waals surface area contributed by atoms with Crippen molar-refractivity contribution in [2.75, 3.05) is 17.2 Å². The lowest BCUT2D eigenvalue weighted by Crippen LogP contribution is -2.33. The Kier molecular flexibility index (Phi) is 2.25. The van der Waals surface area contributed by atoms with Crippen LogP contribution in [0.25, 0.3) is 0 Å². The summed E-state index contributed by atoms with van der Waals surface area (Å²) in [4.78, 5) is 2.56. The van der Waals surface area contributed by atoms with Gasteiger partial charge in [0.1, 0.15) is 0 Å². The first kappa shape index (κ1) is 9.10. The van der Waals surface area contributed by atoms with E-state index in [2.05, 4.69) is 56.9 Å². The fourth-order valence-corrected chi connectivity index (χ4v) is 4.33. The van der Waals surface area contributed by atoms with Crippen molar-refractivity contribution >= 4 is 33.4 Å². The number of nitrogens with zero attached hydrogens (tertiary/aromatic N) is 1. The average Bonchev–Trinajstić information content (AvgIpc) is 2.79. The highest BCUT2D eigenvalue weighted by atomic mass is 79.9. The van der Waals surface area contributed by atoms with Gasteiger partial charge in [0.25, 0.3) is 0 Å². The Balaban J connectivity index is 1.93. The number of rotatable bonds is 1. The maximum absolute atomic E-state index is 3.63. The average molecular weight is 270 g/mol. The molecule has 1 nitrogen and oxygen atoms in total. The molecule has 0 spiro atoms. The van der Waals surface area contributed by atoms with Gasteiger partial charge in [0, 0.05) is 28.1 Å². The van der Waals surface area contributed by atoms with Crippen molar-refractivity contribution < 1.29 is 0 Å². The molecule has 2 aliphatic heterocycles. The summed E-state index contributed by atoms with van der Waals surface area (Å²) in [6.45, 7) is 1.23. The largest absolute Gasteiger partial charge is 0.366 e. The minimum Gasteiger partial charge on any atom is -0.366 e. The molecule has 0 saturated carbocycles. The summed E-state index contributed by atoms with van der Waals surface area (Å²) in [5.74, 6) is 1.31. The molecule has 2 bridgehead atoms. The van der Waals surface area contributed by atoms with E-state index in [9.17, 15) is 0 Å². The minimum atomic E-state index is 0.781. The maximum Gasteiger partial charge on any atom is 0.0513 e. The highest BCUT2D eigenvalue weighted by molar-refractivity contribution is 9.10. The second-order valence-corrected chi connectivity index (χ2v) is 6.14. The van der Waals surface area contributed by atoms with Gasteiger partial charge in [0.2, 0.25) is 0 Å². The lowest BCUT2D eigenvalue weighted by Gasteiger charge is -2.29. The fraction of sp³-hybridized carbons (Fsp3) is 0.455. The smallest absolute Gasteiger partial charge is 0.0513 e. The molecule has 3 heteroatoms. The van der Waals surface area contributed by atoms with Gasteiger partial charge in [0.05, 0.1) is 5.69 Å². The number of fused-ring (bicyclic) bond motifs is 2. The van der Waals surface area contributed by atoms with Crippen molar-refractivity contribution in [2.45, 2.75) is 17.7 Å². The molecule has 0 N–H and O–H groups in total. The van der Waals surface area contributed by atoms with Gasteiger partial charge in [-0.25, -0.2) is 0 Å². The van der Waals surface area contributed by atoms with E-state index in [-0.39, 0.29) is 0 Å². The number of anilines is 1. The van der Waals surface area contributed by atoms with Crippen LogP contribution < -0.4 is 4.90 Å². The first-order valence-electron chi connectivity index (χ1n) is 4.97. The zero-order chi connectivity index (χ0) is 9.54. The van der Waals surface area contributed by atoms with Gasteiger partial charge < -0.3 is 4.90 Å². The summed E-state index contributed by atoms with van der Waals surface area (Å²) >= 11 is 5.77. The van der Waals surface area contributed by atoms with Crippen LogP contribution in [-0.2, 0) is 0 Å². The van der Waals surface area contributed by atoms with Gasteiger partial charge in [0.15, 0.2) is 0 Å². The zero-order valence-electron chi connectivity index (χ0n) is 7.82. The number of benzene rings is 1. The number of hydrogen-bond acceptors (Lipinski definition) is 2. The third-order valence-electron chi connectivity index (χ3n) is 3.06. The molecule has 2 aliphatic rings. The summed E-state index contributed by atoms with van der Waals surface area (Å²) in [6, 6.07) is 9.34. The van der Waals surface area contributed by atoms with Gasteiger partial charge >= 0.3 is 0 Å². The predicted molar refractivity (Wildman–Crippen MR) is 66.1 cm³/mol. The molecule has 0 aromatic heterocycles. The zero-order valence-corrected chi connectivity index (χ0v) is 10.2.